The molecule has 3 N–H and O–H groups in total. The number of hydrogen-bond acceptors (Lipinski definition) is 5. The minimum atomic E-state index is -3.71. The lowest BCUT2D eigenvalue weighted by Crippen LogP contribution is -2.24. The highest BCUT2D eigenvalue weighted by Gasteiger charge is 2.25. The van der Waals surface area contributed by atoms with Crippen molar-refractivity contribution in [1.29, 1.82) is 0 Å². The van der Waals surface area contributed by atoms with Crippen LogP contribution in [0.15, 0.2) is 54.6 Å². The predicted molar refractivity (Wildman–Crippen MR) is 109 cm³/mol. The van der Waals surface area contributed by atoms with Gasteiger partial charge in [0, 0.05) is 5.69 Å². The van der Waals surface area contributed by atoms with Gasteiger partial charge in [-0.3, -0.25) is 9.59 Å². The Morgan fingerprint density at radius 3 is 2.41 bits per heavy atom. The number of para-hydroxylation sites is 1. The fourth-order valence-corrected chi connectivity index (χ4v) is 3.71. The molecular formula is C20H20N4O4S. The van der Waals surface area contributed by atoms with E-state index >= 15 is 0 Å². The summed E-state index contributed by atoms with van der Waals surface area (Å²) in [6.45, 7) is 3.39. The first-order chi connectivity index (χ1) is 13.7. The molecule has 9 heteroatoms. The van der Waals surface area contributed by atoms with Gasteiger partial charge in [0.15, 0.2) is 0 Å². The number of benzene rings is 2. The van der Waals surface area contributed by atoms with Gasteiger partial charge in [-0.05, 0) is 43.7 Å². The summed E-state index contributed by atoms with van der Waals surface area (Å²) < 4.78 is 24.1. The van der Waals surface area contributed by atoms with Crippen LogP contribution in [0.3, 0.4) is 0 Å². The van der Waals surface area contributed by atoms with Crippen LogP contribution in [0.2, 0.25) is 0 Å². The molecule has 0 aliphatic rings. The third-order valence-electron chi connectivity index (χ3n) is 4.28. The molecule has 0 fully saturated rings. The van der Waals surface area contributed by atoms with E-state index in [2.05, 4.69) is 10.4 Å². The van der Waals surface area contributed by atoms with E-state index in [0.29, 0.717) is 22.6 Å². The second-order valence-electron chi connectivity index (χ2n) is 6.58. The van der Waals surface area contributed by atoms with E-state index in [-0.39, 0.29) is 11.3 Å². The van der Waals surface area contributed by atoms with E-state index in [1.165, 1.54) is 6.07 Å². The normalized spacial score (nSPS) is 11.3. The van der Waals surface area contributed by atoms with Crippen LogP contribution in [-0.4, -0.2) is 29.9 Å². The third-order valence-corrected chi connectivity index (χ3v) is 5.01. The first kappa shape index (κ1) is 20.4. The summed E-state index contributed by atoms with van der Waals surface area (Å²) in [6, 6.07) is 15.5. The van der Waals surface area contributed by atoms with Gasteiger partial charge in [-0.1, -0.05) is 30.3 Å². The van der Waals surface area contributed by atoms with Crippen molar-refractivity contribution in [3.63, 3.8) is 0 Å². The number of anilines is 1. The first-order valence-corrected chi connectivity index (χ1v) is 10.4. The second-order valence-corrected chi connectivity index (χ2v) is 8.20. The summed E-state index contributed by atoms with van der Waals surface area (Å²) in [6.07, 6.45) is 0. The number of aryl methyl sites for hydroxylation is 1. The quantitative estimate of drug-likeness (QED) is 0.474. The highest BCUT2D eigenvalue weighted by molar-refractivity contribution is 7.88. The smallest absolute Gasteiger partial charge is 0.296 e. The van der Waals surface area contributed by atoms with Gasteiger partial charge in [0.1, 0.15) is 0 Å². The van der Waals surface area contributed by atoms with Gasteiger partial charge in [0.05, 0.1) is 28.4 Å². The van der Waals surface area contributed by atoms with Crippen molar-refractivity contribution >= 4 is 27.4 Å². The molecule has 2 aromatic carbocycles. The average Bonchev–Trinajstić information content (AvgIpc) is 2.95. The standard InChI is InChI=1S/C20H20N4O4S/c1-13-18(14(2)24(23-13)17-9-4-3-5-10-17)19(25)20(26)22-16-8-6-7-15(11-16)12-29(21,27)28/h3-11H,12H2,1-2H3,(H,22,26)(H2,21,27,28). The molecule has 0 saturated heterocycles. The summed E-state index contributed by atoms with van der Waals surface area (Å²) in [4.78, 5) is 25.3. The molecule has 0 atom stereocenters. The van der Waals surface area contributed by atoms with Crippen LogP contribution in [0.5, 0.6) is 0 Å². The zero-order valence-corrected chi connectivity index (χ0v) is 16.7. The maximum Gasteiger partial charge on any atom is 0.296 e. The Kier molecular flexibility index (Phi) is 5.62. The van der Waals surface area contributed by atoms with Crippen molar-refractivity contribution < 1.29 is 18.0 Å². The lowest BCUT2D eigenvalue weighted by Gasteiger charge is -2.07. The van der Waals surface area contributed by atoms with Crippen molar-refractivity contribution in [2.75, 3.05) is 5.32 Å². The number of Topliss-reactive ketones (excluding diaryl/α,β-unsaturated/α-hetero) is 1. The molecule has 0 aliphatic carbocycles. The van der Waals surface area contributed by atoms with Crippen molar-refractivity contribution in [2.24, 2.45) is 5.14 Å². The first-order valence-electron chi connectivity index (χ1n) is 8.72. The van der Waals surface area contributed by atoms with E-state index < -0.39 is 21.7 Å². The molecule has 0 spiro atoms. The van der Waals surface area contributed by atoms with Crippen LogP contribution in [0.1, 0.15) is 27.3 Å². The predicted octanol–water partition coefficient (Wildman–Crippen LogP) is 2.10. The number of sulfonamides is 1. The lowest BCUT2D eigenvalue weighted by molar-refractivity contribution is -0.112. The molecule has 3 rings (SSSR count). The number of carbonyl (C=O) groups is 2. The fourth-order valence-electron chi connectivity index (χ4n) is 3.06. The highest BCUT2D eigenvalue weighted by atomic mass is 32.2. The minimum Gasteiger partial charge on any atom is -0.319 e. The maximum absolute atomic E-state index is 12.8. The highest BCUT2D eigenvalue weighted by Crippen LogP contribution is 2.19. The summed E-state index contributed by atoms with van der Waals surface area (Å²) >= 11 is 0. The number of ketones is 1. The lowest BCUT2D eigenvalue weighted by atomic mass is 10.1. The van der Waals surface area contributed by atoms with E-state index in [4.69, 9.17) is 5.14 Å². The molecule has 0 unspecified atom stereocenters. The number of carbonyl (C=O) groups excluding carboxylic acids is 2. The number of amides is 1. The number of nitrogens with two attached hydrogens (primary N) is 1. The molecule has 1 aromatic heterocycles. The van der Waals surface area contributed by atoms with Gasteiger partial charge in [0.25, 0.3) is 11.7 Å². The SMILES string of the molecule is Cc1nn(-c2ccccc2)c(C)c1C(=O)C(=O)Nc1cccc(CS(N)(=O)=O)c1. The van der Waals surface area contributed by atoms with Gasteiger partial charge in [-0.15, -0.1) is 0 Å². The van der Waals surface area contributed by atoms with Gasteiger partial charge in [0.2, 0.25) is 10.0 Å². The second kappa shape index (κ2) is 7.98. The number of hydrogen-bond donors (Lipinski definition) is 2. The van der Waals surface area contributed by atoms with Crippen molar-refractivity contribution in [2.45, 2.75) is 19.6 Å². The molecule has 0 bridgehead atoms. The Bertz CT molecular complexity index is 1180. The molecule has 1 heterocycles. The van der Waals surface area contributed by atoms with Crippen molar-refractivity contribution in [3.8, 4) is 5.69 Å². The Morgan fingerprint density at radius 1 is 1.07 bits per heavy atom. The monoisotopic (exact) mass is 412 g/mol. The molecule has 3 aromatic rings. The Balaban J connectivity index is 1.84. The Labute approximate surface area is 168 Å². The van der Waals surface area contributed by atoms with Gasteiger partial charge in [-0.25, -0.2) is 18.2 Å². The minimum absolute atomic E-state index is 0.229. The number of primary sulfonamides is 1. The Morgan fingerprint density at radius 2 is 1.76 bits per heavy atom. The number of aromatic nitrogens is 2. The van der Waals surface area contributed by atoms with Crippen LogP contribution in [0.25, 0.3) is 5.69 Å². The van der Waals surface area contributed by atoms with E-state index in [1.54, 1.807) is 36.7 Å². The topological polar surface area (TPSA) is 124 Å². The molecule has 150 valence electrons. The van der Waals surface area contributed by atoms with Crippen LogP contribution in [-0.2, 0) is 20.6 Å². The molecule has 0 radical (unpaired) electrons. The average molecular weight is 412 g/mol. The number of rotatable bonds is 6. The summed E-state index contributed by atoms with van der Waals surface area (Å²) in [5, 5.41) is 11.9. The van der Waals surface area contributed by atoms with E-state index in [1.807, 2.05) is 30.3 Å². The van der Waals surface area contributed by atoms with E-state index in [0.717, 1.165) is 5.69 Å². The van der Waals surface area contributed by atoms with Crippen LogP contribution >= 0.6 is 0 Å². The van der Waals surface area contributed by atoms with Gasteiger partial charge in [-0.2, -0.15) is 5.10 Å². The van der Waals surface area contributed by atoms with Crippen molar-refractivity contribution in [3.05, 3.63) is 77.1 Å². The zero-order chi connectivity index (χ0) is 21.2. The van der Waals surface area contributed by atoms with Crippen LogP contribution in [0, 0.1) is 13.8 Å². The fraction of sp³-hybridized carbons (Fsp3) is 0.150. The van der Waals surface area contributed by atoms with Gasteiger partial charge >= 0.3 is 0 Å². The Hall–Kier alpha value is -3.30. The summed E-state index contributed by atoms with van der Waals surface area (Å²) in [5.41, 5.74) is 2.71. The third kappa shape index (κ3) is 4.76. The van der Waals surface area contributed by atoms with Gasteiger partial charge < -0.3 is 5.32 Å². The van der Waals surface area contributed by atoms with Crippen molar-refractivity contribution in [1.82, 2.24) is 9.78 Å². The zero-order valence-electron chi connectivity index (χ0n) is 15.9. The van der Waals surface area contributed by atoms with E-state index in [9.17, 15) is 18.0 Å². The number of nitrogens with zero attached hydrogens (tertiary/aromatic N) is 2. The largest absolute Gasteiger partial charge is 0.319 e. The summed E-state index contributed by atoms with van der Waals surface area (Å²) in [7, 11) is -3.71. The maximum atomic E-state index is 12.8. The molecule has 8 nitrogen and oxygen atoms in total. The van der Waals surface area contributed by atoms with Crippen LogP contribution in [0.4, 0.5) is 5.69 Å². The van der Waals surface area contributed by atoms with Crippen LogP contribution < -0.4 is 10.5 Å². The number of nitrogens with one attached hydrogen (secondary N) is 1. The molecule has 0 saturated carbocycles. The molecule has 29 heavy (non-hydrogen) atoms. The molecule has 1 amide bonds. The molecule has 0 aliphatic heterocycles. The molecular weight excluding hydrogens is 392 g/mol. The summed E-state index contributed by atoms with van der Waals surface area (Å²) in [5.74, 6) is -1.93.